The van der Waals surface area contributed by atoms with Gasteiger partial charge in [-0.1, -0.05) is 35.3 Å². The number of benzene rings is 3. The number of hydrogen-bond acceptors (Lipinski definition) is 5. The molecule has 0 heterocycles. The molecule has 3 aromatic carbocycles. The summed E-state index contributed by atoms with van der Waals surface area (Å²) < 4.78 is 11.2. The Morgan fingerprint density at radius 1 is 0.905 bits per heavy atom. The standard InChI is InChI=1S/C33H33Cl2N3O4/c1-41-30-13-20(18-36-38-32(40)24-3-8-27(34)28(35)14-24)2-9-29(30)42-19-31(39)37-26-6-4-25(5-7-26)33-15-21-10-22(16-33)12-23(11-21)17-33/h2-9,13-14,18,21-23H,10-12,15-17,19H2,1H3,(H,37,39)(H,38,40)/b36-18-. The van der Waals surface area contributed by atoms with Gasteiger partial charge in [-0.05, 0) is 121 Å². The molecule has 2 N–H and O–H groups in total. The maximum atomic E-state index is 12.7. The van der Waals surface area contributed by atoms with Gasteiger partial charge >= 0.3 is 0 Å². The molecule has 0 radical (unpaired) electrons. The third-order valence-electron chi connectivity index (χ3n) is 8.93. The van der Waals surface area contributed by atoms with E-state index in [0.29, 0.717) is 33.1 Å². The van der Waals surface area contributed by atoms with Crippen molar-refractivity contribution < 1.29 is 19.1 Å². The summed E-state index contributed by atoms with van der Waals surface area (Å²) in [5.74, 6) is 2.86. The summed E-state index contributed by atoms with van der Waals surface area (Å²) in [6, 6.07) is 18.2. The molecule has 7 rings (SSSR count). The number of carbonyl (C=O) groups excluding carboxylic acids is 2. The van der Waals surface area contributed by atoms with E-state index in [1.807, 2.05) is 12.1 Å². The van der Waals surface area contributed by atoms with Crippen LogP contribution < -0.4 is 20.2 Å². The summed E-state index contributed by atoms with van der Waals surface area (Å²) in [5, 5.41) is 7.58. The lowest BCUT2D eigenvalue weighted by Crippen LogP contribution is -2.48. The van der Waals surface area contributed by atoms with Crippen molar-refractivity contribution in [2.75, 3.05) is 19.0 Å². The molecule has 4 fully saturated rings. The number of halogens is 2. The maximum absolute atomic E-state index is 12.7. The largest absolute Gasteiger partial charge is 0.493 e. The summed E-state index contributed by atoms with van der Waals surface area (Å²) in [6.07, 6.45) is 9.70. The van der Waals surface area contributed by atoms with Crippen LogP contribution in [0.5, 0.6) is 11.5 Å². The second kappa shape index (κ2) is 12.0. The minimum atomic E-state index is -0.426. The second-order valence-electron chi connectivity index (χ2n) is 11.9. The van der Waals surface area contributed by atoms with Crippen LogP contribution in [0.3, 0.4) is 0 Å². The first kappa shape index (κ1) is 28.6. The fourth-order valence-corrected chi connectivity index (χ4v) is 7.76. The van der Waals surface area contributed by atoms with Crippen molar-refractivity contribution in [3.8, 4) is 11.5 Å². The highest BCUT2D eigenvalue weighted by Gasteiger charge is 2.51. The van der Waals surface area contributed by atoms with Gasteiger partial charge in [-0.3, -0.25) is 9.59 Å². The SMILES string of the molecule is COc1cc(/C=N\NC(=O)c2ccc(Cl)c(Cl)c2)ccc1OCC(=O)Nc1ccc(C23CC4CC(CC(C4)C2)C3)cc1. The van der Waals surface area contributed by atoms with Gasteiger partial charge in [-0.15, -0.1) is 0 Å². The Balaban J connectivity index is 1.01. The maximum Gasteiger partial charge on any atom is 0.271 e. The Kier molecular flexibility index (Phi) is 8.15. The predicted molar refractivity (Wildman–Crippen MR) is 165 cm³/mol. The van der Waals surface area contributed by atoms with Crippen molar-refractivity contribution in [3.63, 3.8) is 0 Å². The number of rotatable bonds is 9. The number of nitrogens with one attached hydrogen (secondary N) is 2. The van der Waals surface area contributed by atoms with Crippen molar-refractivity contribution in [2.45, 2.75) is 43.9 Å². The minimum Gasteiger partial charge on any atom is -0.493 e. The molecule has 0 spiro atoms. The Morgan fingerprint density at radius 2 is 1.60 bits per heavy atom. The lowest BCUT2D eigenvalue weighted by Gasteiger charge is -2.57. The normalized spacial score (nSPS) is 24.0. The third-order valence-corrected chi connectivity index (χ3v) is 9.67. The van der Waals surface area contributed by atoms with E-state index in [4.69, 9.17) is 32.7 Å². The fraction of sp³-hybridized carbons (Fsp3) is 0.364. The molecule has 4 aliphatic rings. The van der Waals surface area contributed by atoms with Gasteiger partial charge in [0, 0.05) is 11.3 Å². The molecule has 2 amide bonds. The van der Waals surface area contributed by atoms with E-state index in [-0.39, 0.29) is 17.5 Å². The minimum absolute atomic E-state index is 0.166. The molecule has 9 heteroatoms. The van der Waals surface area contributed by atoms with Gasteiger partial charge in [0.2, 0.25) is 0 Å². The molecule has 218 valence electrons. The number of nitrogens with zero attached hydrogens (tertiary/aromatic N) is 1. The van der Waals surface area contributed by atoms with Crippen LogP contribution in [0.2, 0.25) is 10.0 Å². The number of ether oxygens (including phenoxy) is 2. The summed E-state index contributed by atoms with van der Waals surface area (Å²) in [6.45, 7) is -0.166. The molecule has 0 aliphatic heterocycles. The highest BCUT2D eigenvalue weighted by molar-refractivity contribution is 6.42. The number of hydrazone groups is 1. The predicted octanol–water partition coefficient (Wildman–Crippen LogP) is 7.25. The van der Waals surface area contributed by atoms with Crippen molar-refractivity contribution in [1.82, 2.24) is 5.43 Å². The van der Waals surface area contributed by atoms with Crippen molar-refractivity contribution in [2.24, 2.45) is 22.9 Å². The number of hydrogen-bond donors (Lipinski definition) is 2. The monoisotopic (exact) mass is 605 g/mol. The highest BCUT2D eigenvalue weighted by atomic mass is 35.5. The molecule has 0 aromatic heterocycles. The van der Waals surface area contributed by atoms with Gasteiger partial charge in [0.1, 0.15) is 0 Å². The topological polar surface area (TPSA) is 89.0 Å². The molecule has 4 saturated carbocycles. The van der Waals surface area contributed by atoms with E-state index in [9.17, 15) is 9.59 Å². The zero-order chi connectivity index (χ0) is 29.3. The van der Waals surface area contributed by atoms with E-state index in [0.717, 1.165) is 23.4 Å². The van der Waals surface area contributed by atoms with E-state index in [2.05, 4.69) is 28.0 Å². The van der Waals surface area contributed by atoms with E-state index >= 15 is 0 Å². The van der Waals surface area contributed by atoms with Crippen LogP contribution in [0, 0.1) is 17.8 Å². The van der Waals surface area contributed by atoms with E-state index < -0.39 is 5.91 Å². The summed E-state index contributed by atoms with van der Waals surface area (Å²) in [4.78, 5) is 25.0. The molecule has 3 aromatic rings. The zero-order valence-electron chi connectivity index (χ0n) is 23.4. The Morgan fingerprint density at radius 3 is 2.24 bits per heavy atom. The smallest absolute Gasteiger partial charge is 0.271 e. The van der Waals surface area contributed by atoms with E-state index in [1.54, 1.807) is 30.3 Å². The average molecular weight is 607 g/mol. The lowest BCUT2D eigenvalue weighted by molar-refractivity contribution is -0.118. The summed E-state index contributed by atoms with van der Waals surface area (Å²) >= 11 is 11.9. The molecule has 7 nitrogen and oxygen atoms in total. The molecule has 0 atom stereocenters. The third kappa shape index (κ3) is 6.13. The van der Waals surface area contributed by atoms with Gasteiger partial charge in [0.05, 0.1) is 23.4 Å². The van der Waals surface area contributed by atoms with Crippen LogP contribution in [0.4, 0.5) is 5.69 Å². The van der Waals surface area contributed by atoms with Crippen LogP contribution in [-0.2, 0) is 10.2 Å². The van der Waals surface area contributed by atoms with E-state index in [1.165, 1.54) is 63.5 Å². The molecule has 0 saturated heterocycles. The molecule has 42 heavy (non-hydrogen) atoms. The Hall–Kier alpha value is -3.55. The lowest BCUT2D eigenvalue weighted by atomic mass is 9.48. The van der Waals surface area contributed by atoms with Crippen LogP contribution >= 0.6 is 23.2 Å². The molecule has 4 aliphatic carbocycles. The van der Waals surface area contributed by atoms with Crippen molar-refractivity contribution in [1.29, 1.82) is 0 Å². The van der Waals surface area contributed by atoms with Crippen LogP contribution in [-0.4, -0.2) is 31.7 Å². The number of methoxy groups -OCH3 is 1. The Bertz CT molecular complexity index is 1490. The fourth-order valence-electron chi connectivity index (χ4n) is 7.46. The first-order chi connectivity index (χ1) is 20.3. The molecule has 4 bridgehead atoms. The van der Waals surface area contributed by atoms with Crippen LogP contribution in [0.15, 0.2) is 65.8 Å². The van der Waals surface area contributed by atoms with Crippen LogP contribution in [0.25, 0.3) is 0 Å². The van der Waals surface area contributed by atoms with Gasteiger partial charge in [-0.25, -0.2) is 5.43 Å². The first-order valence-corrected chi connectivity index (χ1v) is 15.1. The number of amides is 2. The molecular weight excluding hydrogens is 573 g/mol. The van der Waals surface area contributed by atoms with Gasteiger partial charge in [0.25, 0.3) is 11.8 Å². The molecular formula is C33H33Cl2N3O4. The van der Waals surface area contributed by atoms with Gasteiger partial charge in [0.15, 0.2) is 18.1 Å². The summed E-state index contributed by atoms with van der Waals surface area (Å²) in [5.41, 5.74) is 5.98. The number of anilines is 1. The highest BCUT2D eigenvalue weighted by Crippen LogP contribution is 2.60. The Labute approximate surface area is 255 Å². The average Bonchev–Trinajstić information content (AvgIpc) is 2.97. The first-order valence-electron chi connectivity index (χ1n) is 14.3. The van der Waals surface area contributed by atoms with Crippen molar-refractivity contribution >= 4 is 46.9 Å². The zero-order valence-corrected chi connectivity index (χ0v) is 24.9. The molecule has 0 unspecified atom stereocenters. The quantitative estimate of drug-likeness (QED) is 0.198. The number of carbonyl (C=O) groups is 2. The van der Waals surface area contributed by atoms with Gasteiger partial charge < -0.3 is 14.8 Å². The van der Waals surface area contributed by atoms with Gasteiger partial charge in [-0.2, -0.15) is 5.10 Å². The van der Waals surface area contributed by atoms with Crippen molar-refractivity contribution in [3.05, 3.63) is 87.4 Å². The summed E-state index contributed by atoms with van der Waals surface area (Å²) in [7, 11) is 1.51. The second-order valence-corrected chi connectivity index (χ2v) is 12.7. The van der Waals surface area contributed by atoms with Crippen LogP contribution in [0.1, 0.15) is 60.0 Å².